The van der Waals surface area contributed by atoms with Gasteiger partial charge in [-0.2, -0.15) is 0 Å². The lowest BCUT2D eigenvalue weighted by Gasteiger charge is -2.13. The number of hydrogen-bond acceptors (Lipinski definition) is 2. The molecule has 0 bridgehead atoms. The van der Waals surface area contributed by atoms with Gasteiger partial charge >= 0.3 is 0 Å². The van der Waals surface area contributed by atoms with E-state index in [4.69, 9.17) is 17.3 Å². The van der Waals surface area contributed by atoms with Crippen LogP contribution in [0.4, 0.5) is 11.4 Å². The SMILES string of the molecule is CC(CC(=O)Nc1cc(Cl)ccc1Br)c1ccc(N)cc1. The first-order chi connectivity index (χ1) is 9.95. The minimum absolute atomic E-state index is 0.0534. The molecule has 3 nitrogen and oxygen atoms in total. The third kappa shape index (κ3) is 4.48. The smallest absolute Gasteiger partial charge is 0.225 e. The standard InChI is InChI=1S/C16H16BrClN2O/c1-10(11-2-5-13(19)6-3-11)8-16(21)20-15-9-12(18)4-7-14(15)17/h2-7,9-10H,8,19H2,1H3,(H,20,21). The van der Waals surface area contributed by atoms with Crippen LogP contribution < -0.4 is 11.1 Å². The third-order valence-electron chi connectivity index (χ3n) is 3.20. The van der Waals surface area contributed by atoms with Gasteiger partial charge in [0.25, 0.3) is 0 Å². The highest BCUT2D eigenvalue weighted by Crippen LogP contribution is 2.27. The number of hydrogen-bond donors (Lipinski definition) is 2. The minimum Gasteiger partial charge on any atom is -0.399 e. The summed E-state index contributed by atoms with van der Waals surface area (Å²) in [5, 5.41) is 3.45. The number of nitrogen functional groups attached to an aromatic ring is 1. The average molecular weight is 368 g/mol. The van der Waals surface area contributed by atoms with E-state index in [1.807, 2.05) is 31.2 Å². The second-order valence-electron chi connectivity index (χ2n) is 4.94. The lowest BCUT2D eigenvalue weighted by Crippen LogP contribution is -2.14. The van der Waals surface area contributed by atoms with Crippen molar-refractivity contribution in [1.29, 1.82) is 0 Å². The Bertz CT molecular complexity index is 643. The van der Waals surface area contributed by atoms with Crippen molar-refractivity contribution in [2.24, 2.45) is 0 Å². The van der Waals surface area contributed by atoms with Crippen LogP contribution in [0, 0.1) is 0 Å². The van der Waals surface area contributed by atoms with Crippen LogP contribution in [-0.2, 0) is 4.79 Å². The summed E-state index contributed by atoms with van der Waals surface area (Å²) in [6.45, 7) is 2.01. The Hall–Kier alpha value is -1.52. The molecule has 0 aliphatic heterocycles. The molecule has 0 aliphatic carbocycles. The molecule has 2 aromatic rings. The number of nitrogens with two attached hydrogens (primary N) is 1. The fraction of sp³-hybridized carbons (Fsp3) is 0.188. The van der Waals surface area contributed by atoms with Gasteiger partial charge in [0.1, 0.15) is 0 Å². The Labute approximate surface area is 137 Å². The zero-order chi connectivity index (χ0) is 15.4. The maximum absolute atomic E-state index is 12.1. The van der Waals surface area contributed by atoms with Gasteiger partial charge in [0.15, 0.2) is 0 Å². The number of carbonyl (C=O) groups is 1. The Morgan fingerprint density at radius 3 is 2.62 bits per heavy atom. The number of carbonyl (C=O) groups excluding carboxylic acids is 1. The molecular formula is C16H16BrClN2O. The fourth-order valence-corrected chi connectivity index (χ4v) is 2.53. The van der Waals surface area contributed by atoms with Crippen LogP contribution in [0.1, 0.15) is 24.8 Å². The highest BCUT2D eigenvalue weighted by atomic mass is 79.9. The van der Waals surface area contributed by atoms with E-state index in [1.54, 1.807) is 18.2 Å². The van der Waals surface area contributed by atoms with E-state index in [0.29, 0.717) is 17.1 Å². The maximum Gasteiger partial charge on any atom is 0.225 e. The molecule has 0 spiro atoms. The first-order valence-corrected chi connectivity index (χ1v) is 7.73. The Balaban J connectivity index is 2.01. The molecule has 0 fully saturated rings. The number of nitrogens with one attached hydrogen (secondary N) is 1. The van der Waals surface area contributed by atoms with Crippen LogP contribution in [0.25, 0.3) is 0 Å². The maximum atomic E-state index is 12.1. The first kappa shape index (κ1) is 15.9. The van der Waals surface area contributed by atoms with Gasteiger partial charge in [0.05, 0.1) is 5.69 Å². The summed E-state index contributed by atoms with van der Waals surface area (Å²) >= 11 is 9.32. The van der Waals surface area contributed by atoms with Gasteiger partial charge < -0.3 is 11.1 Å². The summed E-state index contributed by atoms with van der Waals surface area (Å²) in [7, 11) is 0. The largest absolute Gasteiger partial charge is 0.399 e. The summed E-state index contributed by atoms with van der Waals surface area (Å²) in [5.74, 6) is 0.0610. The third-order valence-corrected chi connectivity index (χ3v) is 4.13. The molecule has 0 heterocycles. The van der Waals surface area contributed by atoms with Gasteiger partial charge in [-0.1, -0.05) is 30.7 Å². The van der Waals surface area contributed by atoms with Crippen LogP contribution in [0.3, 0.4) is 0 Å². The van der Waals surface area contributed by atoms with Crippen LogP contribution in [0.2, 0.25) is 5.02 Å². The number of anilines is 2. The Morgan fingerprint density at radius 2 is 1.95 bits per heavy atom. The molecule has 0 aromatic heterocycles. The highest BCUT2D eigenvalue weighted by Gasteiger charge is 2.12. The predicted octanol–water partition coefficient (Wildman–Crippen LogP) is 4.82. The van der Waals surface area contributed by atoms with Crippen LogP contribution in [-0.4, -0.2) is 5.91 Å². The molecule has 5 heteroatoms. The molecular weight excluding hydrogens is 352 g/mol. The van der Waals surface area contributed by atoms with Crippen LogP contribution >= 0.6 is 27.5 Å². The van der Waals surface area contributed by atoms with Crippen molar-refractivity contribution in [2.75, 3.05) is 11.1 Å². The average Bonchev–Trinajstić information content (AvgIpc) is 2.43. The number of rotatable bonds is 4. The molecule has 110 valence electrons. The van der Waals surface area contributed by atoms with E-state index in [-0.39, 0.29) is 11.8 Å². The normalized spacial score (nSPS) is 12.0. The molecule has 1 unspecified atom stereocenters. The topological polar surface area (TPSA) is 55.1 Å². The lowest BCUT2D eigenvalue weighted by molar-refractivity contribution is -0.116. The molecule has 21 heavy (non-hydrogen) atoms. The molecule has 1 atom stereocenters. The van der Waals surface area contributed by atoms with Gasteiger partial charge in [0, 0.05) is 21.6 Å². The second-order valence-corrected chi connectivity index (χ2v) is 6.23. The van der Waals surface area contributed by atoms with E-state index in [0.717, 1.165) is 15.7 Å². The van der Waals surface area contributed by atoms with E-state index in [1.165, 1.54) is 0 Å². The molecule has 0 saturated carbocycles. The van der Waals surface area contributed by atoms with Crippen LogP contribution in [0.5, 0.6) is 0 Å². The van der Waals surface area contributed by atoms with E-state index in [9.17, 15) is 4.79 Å². The Morgan fingerprint density at radius 1 is 1.29 bits per heavy atom. The molecule has 0 aliphatic rings. The second kappa shape index (κ2) is 6.96. The lowest BCUT2D eigenvalue weighted by atomic mass is 9.97. The quantitative estimate of drug-likeness (QED) is 0.761. The molecule has 3 N–H and O–H groups in total. The zero-order valence-corrected chi connectivity index (χ0v) is 13.9. The number of halogens is 2. The van der Waals surface area contributed by atoms with Crippen molar-refractivity contribution in [3.05, 3.63) is 57.5 Å². The monoisotopic (exact) mass is 366 g/mol. The van der Waals surface area contributed by atoms with Gasteiger partial charge in [-0.15, -0.1) is 0 Å². The molecule has 1 amide bonds. The van der Waals surface area contributed by atoms with Crippen molar-refractivity contribution < 1.29 is 4.79 Å². The van der Waals surface area contributed by atoms with E-state index in [2.05, 4.69) is 21.2 Å². The van der Waals surface area contributed by atoms with Gasteiger partial charge in [-0.3, -0.25) is 4.79 Å². The zero-order valence-electron chi connectivity index (χ0n) is 11.6. The van der Waals surface area contributed by atoms with E-state index < -0.39 is 0 Å². The van der Waals surface area contributed by atoms with Crippen molar-refractivity contribution in [3.63, 3.8) is 0 Å². The van der Waals surface area contributed by atoms with Gasteiger partial charge in [-0.05, 0) is 57.7 Å². The van der Waals surface area contributed by atoms with Crippen molar-refractivity contribution in [3.8, 4) is 0 Å². The minimum atomic E-state index is -0.0534. The Kier molecular flexibility index (Phi) is 5.26. The molecule has 2 rings (SSSR count). The van der Waals surface area contributed by atoms with Gasteiger partial charge in [-0.25, -0.2) is 0 Å². The summed E-state index contributed by atoms with van der Waals surface area (Å²) < 4.78 is 0.806. The van der Waals surface area contributed by atoms with Crippen molar-refractivity contribution in [1.82, 2.24) is 0 Å². The molecule has 0 radical (unpaired) electrons. The van der Waals surface area contributed by atoms with Crippen molar-refractivity contribution in [2.45, 2.75) is 19.3 Å². The highest BCUT2D eigenvalue weighted by molar-refractivity contribution is 9.10. The van der Waals surface area contributed by atoms with Gasteiger partial charge in [0.2, 0.25) is 5.91 Å². The number of amides is 1. The summed E-state index contributed by atoms with van der Waals surface area (Å²) in [6.07, 6.45) is 0.392. The van der Waals surface area contributed by atoms with Crippen molar-refractivity contribution >= 4 is 44.8 Å². The molecule has 0 saturated heterocycles. The summed E-state index contributed by atoms with van der Waals surface area (Å²) in [5.41, 5.74) is 8.15. The predicted molar refractivity (Wildman–Crippen MR) is 91.7 cm³/mol. The summed E-state index contributed by atoms with van der Waals surface area (Å²) in [6, 6.07) is 12.9. The molecule has 2 aromatic carbocycles. The van der Waals surface area contributed by atoms with Crippen LogP contribution in [0.15, 0.2) is 46.9 Å². The number of benzene rings is 2. The van der Waals surface area contributed by atoms with E-state index >= 15 is 0 Å². The first-order valence-electron chi connectivity index (χ1n) is 6.56. The fourth-order valence-electron chi connectivity index (χ4n) is 2.02. The summed E-state index contributed by atoms with van der Waals surface area (Å²) in [4.78, 5) is 12.1.